The highest BCUT2D eigenvalue weighted by atomic mass is 19.4. The first-order chi connectivity index (χ1) is 17.9. The maximum Gasteiger partial charge on any atom is 0.417 e. The Kier molecular flexibility index (Phi) is 7.08. The second kappa shape index (κ2) is 10.1. The number of alkyl halides is 3. The van der Waals surface area contributed by atoms with Crippen LogP contribution >= 0.6 is 0 Å². The summed E-state index contributed by atoms with van der Waals surface area (Å²) in [5.41, 5.74) is -1.96. The van der Waals surface area contributed by atoms with Gasteiger partial charge in [-0.05, 0) is 46.5 Å². The molecular weight excluding hydrogens is 504 g/mol. The summed E-state index contributed by atoms with van der Waals surface area (Å²) >= 11 is 0. The molecule has 1 atom stereocenters. The van der Waals surface area contributed by atoms with Gasteiger partial charge in [-0.2, -0.15) is 13.2 Å². The molecule has 2 N–H and O–H groups in total. The Bertz CT molecular complexity index is 1610. The molecule has 0 saturated carbocycles. The van der Waals surface area contributed by atoms with Crippen LogP contribution < -0.4 is 10.9 Å². The van der Waals surface area contributed by atoms with E-state index in [2.05, 4.69) is 5.32 Å². The highest BCUT2D eigenvalue weighted by Crippen LogP contribution is 2.38. The SMILES string of the molecule is Cc1cccc(F)c1C(=O)N[C@@H](Cc1cccc2c(-c3c(C(F)(F)F)ccn(C)c3=O)cccc12)C(=O)O. The molecular formula is C28H22F4N2O4. The van der Waals surface area contributed by atoms with Crippen LogP contribution in [0, 0.1) is 12.7 Å². The zero-order valence-electron chi connectivity index (χ0n) is 20.3. The Labute approximate surface area is 214 Å². The predicted molar refractivity (Wildman–Crippen MR) is 133 cm³/mol. The van der Waals surface area contributed by atoms with E-state index in [9.17, 15) is 37.1 Å². The van der Waals surface area contributed by atoms with Crippen LogP contribution in [0.1, 0.15) is 27.0 Å². The zero-order valence-corrected chi connectivity index (χ0v) is 20.3. The van der Waals surface area contributed by atoms with Crippen LogP contribution in [0.15, 0.2) is 71.7 Å². The minimum Gasteiger partial charge on any atom is -0.480 e. The van der Waals surface area contributed by atoms with Crippen molar-refractivity contribution in [2.45, 2.75) is 25.6 Å². The highest BCUT2D eigenvalue weighted by molar-refractivity contribution is 6.00. The number of hydrogen-bond donors (Lipinski definition) is 2. The van der Waals surface area contributed by atoms with E-state index in [1.807, 2.05) is 0 Å². The molecule has 4 aromatic rings. The van der Waals surface area contributed by atoms with E-state index in [1.54, 1.807) is 12.1 Å². The lowest BCUT2D eigenvalue weighted by molar-refractivity contribution is -0.139. The van der Waals surface area contributed by atoms with Gasteiger partial charge in [0.05, 0.1) is 16.7 Å². The first-order valence-corrected chi connectivity index (χ1v) is 11.5. The van der Waals surface area contributed by atoms with E-state index in [0.29, 0.717) is 21.9 Å². The molecule has 10 heteroatoms. The van der Waals surface area contributed by atoms with Crippen LogP contribution in [-0.4, -0.2) is 27.6 Å². The molecule has 1 aromatic heterocycles. The number of amides is 1. The first kappa shape index (κ1) is 26.6. The lowest BCUT2D eigenvalue weighted by Crippen LogP contribution is -2.42. The van der Waals surface area contributed by atoms with Gasteiger partial charge in [0.15, 0.2) is 0 Å². The summed E-state index contributed by atoms with van der Waals surface area (Å²) in [5, 5.41) is 12.8. The molecule has 0 radical (unpaired) electrons. The normalized spacial score (nSPS) is 12.4. The Morgan fingerprint density at radius 3 is 2.32 bits per heavy atom. The summed E-state index contributed by atoms with van der Waals surface area (Å²) in [6, 6.07) is 12.5. The summed E-state index contributed by atoms with van der Waals surface area (Å²) in [5.74, 6) is -3.08. The van der Waals surface area contributed by atoms with Gasteiger partial charge in [-0.1, -0.05) is 48.5 Å². The molecule has 0 saturated heterocycles. The fourth-order valence-electron chi connectivity index (χ4n) is 4.47. The molecule has 196 valence electrons. The molecule has 6 nitrogen and oxygen atoms in total. The number of carboxylic acids is 1. The van der Waals surface area contributed by atoms with Crippen molar-refractivity contribution in [1.82, 2.24) is 9.88 Å². The summed E-state index contributed by atoms with van der Waals surface area (Å²) in [6.45, 7) is 1.52. The zero-order chi connectivity index (χ0) is 27.8. The van der Waals surface area contributed by atoms with Crippen molar-refractivity contribution in [2.24, 2.45) is 7.05 Å². The number of nitrogens with zero attached hydrogens (tertiary/aromatic N) is 1. The molecule has 38 heavy (non-hydrogen) atoms. The molecule has 1 heterocycles. The Balaban J connectivity index is 1.79. The van der Waals surface area contributed by atoms with Crippen LogP contribution in [0.25, 0.3) is 21.9 Å². The number of pyridine rings is 1. The van der Waals surface area contributed by atoms with Gasteiger partial charge in [0.2, 0.25) is 0 Å². The van der Waals surface area contributed by atoms with Crippen molar-refractivity contribution >= 4 is 22.6 Å². The van der Waals surface area contributed by atoms with Crippen molar-refractivity contribution < 1.29 is 32.3 Å². The molecule has 0 aliphatic carbocycles. The number of aromatic nitrogens is 1. The number of halogens is 4. The Morgan fingerprint density at radius 2 is 1.66 bits per heavy atom. The molecule has 0 fully saturated rings. The number of benzene rings is 3. The number of nitrogens with one attached hydrogen (secondary N) is 1. The summed E-state index contributed by atoms with van der Waals surface area (Å²) in [4.78, 5) is 37.6. The van der Waals surface area contributed by atoms with Gasteiger partial charge in [-0.25, -0.2) is 9.18 Å². The molecule has 0 aliphatic rings. The maximum atomic E-state index is 14.3. The van der Waals surface area contributed by atoms with E-state index in [1.165, 1.54) is 50.4 Å². The van der Waals surface area contributed by atoms with E-state index in [-0.39, 0.29) is 17.5 Å². The van der Waals surface area contributed by atoms with Crippen LogP contribution in [0.2, 0.25) is 0 Å². The Morgan fingerprint density at radius 1 is 1.00 bits per heavy atom. The van der Waals surface area contributed by atoms with Gasteiger partial charge in [0, 0.05) is 19.7 Å². The van der Waals surface area contributed by atoms with Gasteiger partial charge in [-0.3, -0.25) is 9.59 Å². The number of fused-ring (bicyclic) bond motifs is 1. The van der Waals surface area contributed by atoms with E-state index in [0.717, 1.165) is 22.9 Å². The number of carbonyl (C=O) groups is 2. The number of rotatable bonds is 6. The number of aliphatic carboxylic acids is 1. The lowest BCUT2D eigenvalue weighted by atomic mass is 9.91. The van der Waals surface area contributed by atoms with Crippen molar-refractivity contribution in [3.05, 3.63) is 105 Å². The van der Waals surface area contributed by atoms with Crippen LogP contribution in [-0.2, 0) is 24.4 Å². The number of carboxylic acid groups (broad SMARTS) is 1. The minimum absolute atomic E-state index is 0.0377. The topological polar surface area (TPSA) is 88.4 Å². The number of hydrogen-bond acceptors (Lipinski definition) is 3. The smallest absolute Gasteiger partial charge is 0.417 e. The van der Waals surface area contributed by atoms with Gasteiger partial charge in [0.25, 0.3) is 11.5 Å². The Hall–Kier alpha value is -4.47. The second-order valence-electron chi connectivity index (χ2n) is 8.84. The monoisotopic (exact) mass is 526 g/mol. The fourth-order valence-corrected chi connectivity index (χ4v) is 4.47. The third-order valence-electron chi connectivity index (χ3n) is 6.33. The quantitative estimate of drug-likeness (QED) is 0.343. The molecule has 3 aromatic carbocycles. The van der Waals surface area contributed by atoms with Crippen molar-refractivity contribution in [3.63, 3.8) is 0 Å². The van der Waals surface area contributed by atoms with Gasteiger partial charge in [-0.15, -0.1) is 0 Å². The summed E-state index contributed by atoms with van der Waals surface area (Å²) in [6.07, 6.45) is -3.98. The van der Waals surface area contributed by atoms with E-state index < -0.39 is 46.6 Å². The molecule has 4 rings (SSSR count). The molecule has 1 amide bonds. The first-order valence-electron chi connectivity index (χ1n) is 11.5. The van der Waals surface area contributed by atoms with Crippen molar-refractivity contribution in [2.75, 3.05) is 0 Å². The number of aryl methyl sites for hydroxylation is 2. The van der Waals surface area contributed by atoms with Crippen LogP contribution in [0.3, 0.4) is 0 Å². The standard InChI is InChI=1S/C28H22F4N2O4/c1-15-6-3-11-21(29)23(15)25(35)33-22(27(37)38)14-16-7-4-9-18-17(16)8-5-10-19(18)24-20(28(30,31)32)12-13-34(2)26(24)36/h3-13,22H,14H2,1-2H3,(H,33,35)(H,37,38)/t22-/m0/s1. The van der Waals surface area contributed by atoms with E-state index in [4.69, 9.17) is 0 Å². The third-order valence-corrected chi connectivity index (χ3v) is 6.33. The average molecular weight is 526 g/mol. The minimum atomic E-state index is -4.79. The predicted octanol–water partition coefficient (Wildman–Crippen LogP) is 5.10. The van der Waals surface area contributed by atoms with E-state index >= 15 is 0 Å². The second-order valence-corrected chi connectivity index (χ2v) is 8.84. The summed E-state index contributed by atoms with van der Waals surface area (Å²) in [7, 11) is 1.35. The average Bonchev–Trinajstić information content (AvgIpc) is 2.84. The third kappa shape index (κ3) is 5.02. The molecule has 0 bridgehead atoms. The van der Waals surface area contributed by atoms with Crippen LogP contribution in [0.5, 0.6) is 0 Å². The molecule has 0 aliphatic heterocycles. The molecule has 0 unspecified atom stereocenters. The van der Waals surface area contributed by atoms with Gasteiger partial charge >= 0.3 is 12.1 Å². The fraction of sp³-hybridized carbons (Fsp3) is 0.179. The van der Waals surface area contributed by atoms with Crippen molar-refractivity contribution in [3.8, 4) is 11.1 Å². The summed E-state index contributed by atoms with van der Waals surface area (Å²) < 4.78 is 56.8. The van der Waals surface area contributed by atoms with Crippen LogP contribution in [0.4, 0.5) is 17.6 Å². The number of carbonyl (C=O) groups excluding carboxylic acids is 1. The molecule has 0 spiro atoms. The van der Waals surface area contributed by atoms with Gasteiger partial charge in [0.1, 0.15) is 11.9 Å². The largest absolute Gasteiger partial charge is 0.480 e. The van der Waals surface area contributed by atoms with Gasteiger partial charge < -0.3 is 15.0 Å². The highest BCUT2D eigenvalue weighted by Gasteiger charge is 2.36. The lowest BCUT2D eigenvalue weighted by Gasteiger charge is -2.18. The maximum absolute atomic E-state index is 14.3. The van der Waals surface area contributed by atoms with Crippen molar-refractivity contribution in [1.29, 1.82) is 0 Å².